The third kappa shape index (κ3) is 3.59. The fourth-order valence-corrected chi connectivity index (χ4v) is 2.98. The van der Waals surface area contributed by atoms with Gasteiger partial charge < -0.3 is 10.3 Å². The van der Waals surface area contributed by atoms with E-state index in [1.807, 2.05) is 25.2 Å². The van der Waals surface area contributed by atoms with E-state index in [-0.39, 0.29) is 5.56 Å². The molecule has 6 heteroatoms. The molecule has 0 unspecified atom stereocenters. The highest BCUT2D eigenvalue weighted by molar-refractivity contribution is 7.99. The average Bonchev–Trinajstić information content (AvgIpc) is 2.32. The van der Waals surface area contributed by atoms with E-state index >= 15 is 0 Å². The van der Waals surface area contributed by atoms with Gasteiger partial charge in [0.1, 0.15) is 0 Å². The molecule has 19 heavy (non-hydrogen) atoms. The zero-order chi connectivity index (χ0) is 13.8. The van der Waals surface area contributed by atoms with Gasteiger partial charge in [0.05, 0.1) is 5.02 Å². The monoisotopic (exact) mass is 295 g/mol. The van der Waals surface area contributed by atoms with Crippen molar-refractivity contribution in [2.24, 2.45) is 0 Å². The van der Waals surface area contributed by atoms with Crippen LogP contribution in [0, 0.1) is 6.92 Å². The van der Waals surface area contributed by atoms with E-state index in [1.54, 1.807) is 6.92 Å². The van der Waals surface area contributed by atoms with Crippen LogP contribution in [0.15, 0.2) is 39.1 Å². The van der Waals surface area contributed by atoms with Crippen LogP contribution in [0.25, 0.3) is 0 Å². The summed E-state index contributed by atoms with van der Waals surface area (Å²) < 4.78 is 0. The quantitative estimate of drug-likeness (QED) is 0.851. The number of nitrogens with one attached hydrogen (secondary N) is 2. The smallest absolute Gasteiger partial charge is 0.251 e. The normalized spacial score (nSPS) is 10.7. The largest absolute Gasteiger partial charge is 0.316 e. The van der Waals surface area contributed by atoms with Crippen LogP contribution in [-0.4, -0.2) is 17.0 Å². The SMILES string of the molecule is CNCc1cccc(Cl)c1Sc1nc(C)cc(=O)[nH]1. The lowest BCUT2D eigenvalue weighted by Gasteiger charge is -2.10. The summed E-state index contributed by atoms with van der Waals surface area (Å²) in [6, 6.07) is 7.20. The van der Waals surface area contributed by atoms with Crippen molar-refractivity contribution in [2.45, 2.75) is 23.5 Å². The molecule has 0 saturated carbocycles. The zero-order valence-corrected chi connectivity index (χ0v) is 12.2. The van der Waals surface area contributed by atoms with Crippen LogP contribution in [0.4, 0.5) is 0 Å². The van der Waals surface area contributed by atoms with E-state index in [4.69, 9.17) is 11.6 Å². The Labute approximate surface area is 120 Å². The molecule has 1 heterocycles. The predicted octanol–water partition coefficient (Wildman–Crippen LogP) is 2.60. The van der Waals surface area contributed by atoms with Gasteiger partial charge in [-0.2, -0.15) is 0 Å². The third-order valence-electron chi connectivity index (χ3n) is 2.46. The number of aryl methyl sites for hydroxylation is 1. The van der Waals surface area contributed by atoms with Crippen LogP contribution in [0.3, 0.4) is 0 Å². The van der Waals surface area contributed by atoms with Crippen molar-refractivity contribution < 1.29 is 0 Å². The molecule has 0 bridgehead atoms. The van der Waals surface area contributed by atoms with Crippen LogP contribution >= 0.6 is 23.4 Å². The first-order valence-corrected chi connectivity index (χ1v) is 6.97. The van der Waals surface area contributed by atoms with Gasteiger partial charge in [0.2, 0.25) is 0 Å². The van der Waals surface area contributed by atoms with Gasteiger partial charge in [-0.05, 0) is 37.4 Å². The lowest BCUT2D eigenvalue weighted by molar-refractivity contribution is 0.802. The molecule has 2 rings (SSSR count). The maximum Gasteiger partial charge on any atom is 0.251 e. The second kappa shape index (κ2) is 6.23. The molecule has 1 aromatic carbocycles. The van der Waals surface area contributed by atoms with Crippen LogP contribution < -0.4 is 10.9 Å². The summed E-state index contributed by atoms with van der Waals surface area (Å²) in [5.41, 5.74) is 1.61. The Hall–Kier alpha value is -1.30. The van der Waals surface area contributed by atoms with Crippen molar-refractivity contribution in [1.29, 1.82) is 0 Å². The maximum absolute atomic E-state index is 11.4. The van der Waals surface area contributed by atoms with Gasteiger partial charge in [-0.3, -0.25) is 4.79 Å². The molecular formula is C13H14ClN3OS. The second-order valence-corrected chi connectivity index (χ2v) is 5.46. The van der Waals surface area contributed by atoms with Crippen LogP contribution in [0.5, 0.6) is 0 Å². The molecule has 4 nitrogen and oxygen atoms in total. The molecule has 0 aliphatic heterocycles. The molecule has 0 saturated heterocycles. The Balaban J connectivity index is 2.39. The van der Waals surface area contributed by atoms with Crippen molar-refractivity contribution in [2.75, 3.05) is 7.05 Å². The number of hydrogen-bond acceptors (Lipinski definition) is 4. The fourth-order valence-electron chi connectivity index (χ4n) is 1.69. The number of hydrogen-bond donors (Lipinski definition) is 2. The van der Waals surface area contributed by atoms with E-state index in [0.717, 1.165) is 10.5 Å². The van der Waals surface area contributed by atoms with Gasteiger partial charge >= 0.3 is 0 Å². The number of aromatic amines is 1. The number of H-pyrrole nitrogens is 1. The third-order valence-corrected chi connectivity index (χ3v) is 3.96. The van der Waals surface area contributed by atoms with Gasteiger partial charge in [-0.25, -0.2) is 4.98 Å². The Bertz CT molecular complexity index is 642. The molecule has 2 N–H and O–H groups in total. The minimum Gasteiger partial charge on any atom is -0.316 e. The molecule has 0 aliphatic carbocycles. The van der Waals surface area contributed by atoms with Crippen molar-refractivity contribution >= 4 is 23.4 Å². The van der Waals surface area contributed by atoms with Gasteiger partial charge in [-0.15, -0.1) is 0 Å². The van der Waals surface area contributed by atoms with E-state index in [0.29, 0.717) is 22.4 Å². The molecule has 0 aliphatic rings. The number of nitrogens with zero attached hydrogens (tertiary/aromatic N) is 1. The van der Waals surface area contributed by atoms with E-state index < -0.39 is 0 Å². The van der Waals surface area contributed by atoms with E-state index in [2.05, 4.69) is 15.3 Å². The maximum atomic E-state index is 11.4. The lowest BCUT2D eigenvalue weighted by atomic mass is 10.2. The molecule has 0 fully saturated rings. The summed E-state index contributed by atoms with van der Waals surface area (Å²) in [6.45, 7) is 2.50. The molecule has 1 aromatic heterocycles. The van der Waals surface area contributed by atoms with Crippen LogP contribution in [-0.2, 0) is 6.54 Å². The minimum atomic E-state index is -0.155. The molecule has 0 radical (unpaired) electrons. The van der Waals surface area contributed by atoms with Crippen LogP contribution in [0.2, 0.25) is 5.02 Å². The Morgan fingerprint density at radius 3 is 2.95 bits per heavy atom. The fraction of sp³-hybridized carbons (Fsp3) is 0.231. The number of halogens is 1. The lowest BCUT2D eigenvalue weighted by Crippen LogP contribution is -2.09. The first-order chi connectivity index (χ1) is 9.10. The summed E-state index contributed by atoms with van der Waals surface area (Å²) in [6.07, 6.45) is 0. The Kier molecular flexibility index (Phi) is 4.63. The van der Waals surface area contributed by atoms with Crippen LogP contribution in [0.1, 0.15) is 11.3 Å². The molecule has 0 spiro atoms. The highest BCUT2D eigenvalue weighted by Gasteiger charge is 2.10. The number of rotatable bonds is 4. The van der Waals surface area contributed by atoms with E-state index in [1.165, 1.54) is 17.8 Å². The molecule has 0 atom stereocenters. The standard InChI is InChI=1S/C13H14ClN3OS/c1-8-6-11(18)17-13(16-8)19-12-9(7-15-2)4-3-5-10(12)14/h3-6,15H,7H2,1-2H3,(H,16,17,18). The van der Waals surface area contributed by atoms with Gasteiger partial charge in [0, 0.05) is 23.2 Å². The van der Waals surface area contributed by atoms with Crippen molar-refractivity contribution in [1.82, 2.24) is 15.3 Å². The van der Waals surface area contributed by atoms with Gasteiger partial charge in [0.25, 0.3) is 5.56 Å². The minimum absolute atomic E-state index is 0.155. The molecule has 100 valence electrons. The second-order valence-electron chi connectivity index (χ2n) is 4.05. The van der Waals surface area contributed by atoms with Crippen molar-refractivity contribution in [3.63, 3.8) is 0 Å². The summed E-state index contributed by atoms with van der Waals surface area (Å²) in [5.74, 6) is 0. The van der Waals surface area contributed by atoms with Gasteiger partial charge in [0.15, 0.2) is 5.16 Å². The van der Waals surface area contributed by atoms with Gasteiger partial charge in [-0.1, -0.05) is 23.7 Å². The Morgan fingerprint density at radius 2 is 2.26 bits per heavy atom. The zero-order valence-electron chi connectivity index (χ0n) is 10.7. The highest BCUT2D eigenvalue weighted by Crippen LogP contribution is 2.34. The van der Waals surface area contributed by atoms with Crippen molar-refractivity contribution in [3.8, 4) is 0 Å². The average molecular weight is 296 g/mol. The molecule has 0 amide bonds. The molecule has 2 aromatic rings. The highest BCUT2D eigenvalue weighted by atomic mass is 35.5. The van der Waals surface area contributed by atoms with E-state index in [9.17, 15) is 4.79 Å². The summed E-state index contributed by atoms with van der Waals surface area (Å²) >= 11 is 7.60. The summed E-state index contributed by atoms with van der Waals surface area (Å²) in [7, 11) is 1.88. The summed E-state index contributed by atoms with van der Waals surface area (Å²) in [5, 5.41) is 4.30. The summed E-state index contributed by atoms with van der Waals surface area (Å²) in [4.78, 5) is 19.4. The topological polar surface area (TPSA) is 57.8 Å². The van der Waals surface area contributed by atoms with Crippen molar-refractivity contribution in [3.05, 3.63) is 50.9 Å². The number of benzene rings is 1. The Morgan fingerprint density at radius 1 is 1.47 bits per heavy atom. The molecular weight excluding hydrogens is 282 g/mol. The first kappa shape index (κ1) is 14.1. The number of aromatic nitrogens is 2. The first-order valence-electron chi connectivity index (χ1n) is 5.78. The predicted molar refractivity (Wildman–Crippen MR) is 77.9 cm³/mol.